The van der Waals surface area contributed by atoms with Gasteiger partial charge >= 0.3 is 0 Å². The molecule has 0 saturated carbocycles. The summed E-state index contributed by atoms with van der Waals surface area (Å²) in [5, 5.41) is 3.69. The van der Waals surface area contributed by atoms with Crippen LogP contribution in [0.3, 0.4) is 0 Å². The number of nitrogens with zero attached hydrogens (tertiary/aromatic N) is 1. The van der Waals surface area contributed by atoms with E-state index in [0.29, 0.717) is 17.0 Å². The van der Waals surface area contributed by atoms with Crippen molar-refractivity contribution in [3.8, 4) is 22.8 Å². The average Bonchev–Trinajstić information content (AvgIpc) is 2.79. The van der Waals surface area contributed by atoms with Gasteiger partial charge in [0.1, 0.15) is 11.5 Å². The number of pyridine rings is 1. The largest absolute Gasteiger partial charge is 0.497 e. The predicted molar refractivity (Wildman–Crippen MR) is 115 cm³/mol. The zero-order chi connectivity index (χ0) is 20.2. The van der Waals surface area contributed by atoms with Crippen molar-refractivity contribution in [1.29, 1.82) is 0 Å². The summed E-state index contributed by atoms with van der Waals surface area (Å²) in [5.41, 5.74) is 3.63. The van der Waals surface area contributed by atoms with Gasteiger partial charge in [-0.25, -0.2) is 4.98 Å². The molecule has 0 atom stereocenters. The highest BCUT2D eigenvalue weighted by atomic mass is 16.5. The van der Waals surface area contributed by atoms with Crippen LogP contribution in [0.1, 0.15) is 10.4 Å². The Morgan fingerprint density at radius 3 is 2.21 bits per heavy atom. The van der Waals surface area contributed by atoms with Gasteiger partial charge in [-0.1, -0.05) is 30.3 Å². The number of nitrogens with one attached hydrogen (secondary N) is 1. The first kappa shape index (κ1) is 18.5. The standard InChI is InChI=1S/C24H20N2O3/c1-28-18-10-8-17(9-11-18)25-24(27)21-15-23(16-6-4-3-5-7-16)26-22-13-12-19(29-2)14-20(21)22/h3-15H,1-2H3,(H,25,27). The third-order valence-electron chi connectivity index (χ3n) is 4.68. The van der Waals surface area contributed by atoms with Gasteiger partial charge in [0, 0.05) is 16.6 Å². The van der Waals surface area contributed by atoms with E-state index in [9.17, 15) is 4.79 Å². The molecular weight excluding hydrogens is 364 g/mol. The van der Waals surface area contributed by atoms with Crippen LogP contribution in [0, 0.1) is 0 Å². The average molecular weight is 384 g/mol. The molecule has 4 rings (SSSR count). The van der Waals surface area contributed by atoms with Gasteiger partial charge in [0.2, 0.25) is 0 Å². The molecule has 5 heteroatoms. The summed E-state index contributed by atoms with van der Waals surface area (Å²) in [6, 6.07) is 24.4. The number of benzene rings is 3. The van der Waals surface area contributed by atoms with Crippen LogP contribution < -0.4 is 14.8 Å². The summed E-state index contributed by atoms with van der Waals surface area (Å²) in [6.07, 6.45) is 0. The van der Waals surface area contributed by atoms with Crippen LogP contribution in [0.25, 0.3) is 22.2 Å². The normalized spacial score (nSPS) is 10.6. The lowest BCUT2D eigenvalue weighted by atomic mass is 10.0. The molecule has 144 valence electrons. The molecule has 0 aliphatic rings. The Balaban J connectivity index is 1.79. The maximum Gasteiger partial charge on any atom is 0.256 e. The minimum atomic E-state index is -0.215. The Morgan fingerprint density at radius 1 is 0.828 bits per heavy atom. The SMILES string of the molecule is COc1ccc(NC(=O)c2cc(-c3ccccc3)nc3ccc(OC)cc23)cc1. The number of hydrogen-bond acceptors (Lipinski definition) is 4. The zero-order valence-electron chi connectivity index (χ0n) is 16.2. The molecule has 29 heavy (non-hydrogen) atoms. The third-order valence-corrected chi connectivity index (χ3v) is 4.68. The first-order chi connectivity index (χ1) is 14.2. The fraction of sp³-hybridized carbons (Fsp3) is 0.0833. The fourth-order valence-electron chi connectivity index (χ4n) is 3.15. The van der Waals surface area contributed by atoms with Crippen LogP contribution in [-0.2, 0) is 0 Å². The van der Waals surface area contributed by atoms with Gasteiger partial charge in [-0.15, -0.1) is 0 Å². The Hall–Kier alpha value is -3.86. The van der Waals surface area contributed by atoms with Crippen LogP contribution in [0.4, 0.5) is 5.69 Å². The van der Waals surface area contributed by atoms with E-state index in [-0.39, 0.29) is 5.91 Å². The molecule has 0 bridgehead atoms. The molecule has 5 nitrogen and oxygen atoms in total. The van der Waals surface area contributed by atoms with Crippen molar-refractivity contribution in [2.24, 2.45) is 0 Å². The molecule has 1 amide bonds. The number of aromatic nitrogens is 1. The molecule has 1 heterocycles. The van der Waals surface area contributed by atoms with Crippen molar-refractivity contribution >= 4 is 22.5 Å². The van der Waals surface area contributed by atoms with Gasteiger partial charge in [-0.05, 0) is 48.5 Å². The van der Waals surface area contributed by atoms with Crippen LogP contribution in [0.15, 0.2) is 78.9 Å². The monoisotopic (exact) mass is 384 g/mol. The molecule has 4 aromatic rings. The summed E-state index contributed by atoms with van der Waals surface area (Å²) < 4.78 is 10.5. The van der Waals surface area contributed by atoms with E-state index in [2.05, 4.69) is 5.32 Å². The summed E-state index contributed by atoms with van der Waals surface area (Å²) >= 11 is 0. The molecule has 0 radical (unpaired) electrons. The van der Waals surface area contributed by atoms with Crippen molar-refractivity contribution in [1.82, 2.24) is 4.98 Å². The number of rotatable bonds is 5. The van der Waals surface area contributed by atoms with Gasteiger partial charge in [-0.2, -0.15) is 0 Å². The van der Waals surface area contributed by atoms with Crippen LogP contribution >= 0.6 is 0 Å². The van der Waals surface area contributed by atoms with Gasteiger partial charge in [0.25, 0.3) is 5.91 Å². The number of carbonyl (C=O) groups excluding carboxylic acids is 1. The van der Waals surface area contributed by atoms with Crippen molar-refractivity contribution in [3.63, 3.8) is 0 Å². The number of carbonyl (C=O) groups is 1. The molecule has 1 aromatic heterocycles. The maximum absolute atomic E-state index is 13.2. The second-order valence-electron chi connectivity index (χ2n) is 6.49. The van der Waals surface area contributed by atoms with Crippen molar-refractivity contribution in [3.05, 3.63) is 84.4 Å². The van der Waals surface area contributed by atoms with Gasteiger partial charge in [0.15, 0.2) is 0 Å². The minimum absolute atomic E-state index is 0.215. The minimum Gasteiger partial charge on any atom is -0.497 e. The molecular formula is C24H20N2O3. The lowest BCUT2D eigenvalue weighted by Crippen LogP contribution is -2.13. The number of ether oxygens (including phenoxy) is 2. The van der Waals surface area contributed by atoms with Crippen molar-refractivity contribution in [2.45, 2.75) is 0 Å². The van der Waals surface area contributed by atoms with Crippen molar-refractivity contribution < 1.29 is 14.3 Å². The topological polar surface area (TPSA) is 60.5 Å². The summed E-state index contributed by atoms with van der Waals surface area (Å²) in [6.45, 7) is 0. The van der Waals surface area contributed by atoms with E-state index in [1.54, 1.807) is 38.5 Å². The second-order valence-corrected chi connectivity index (χ2v) is 6.49. The number of hydrogen-bond donors (Lipinski definition) is 1. The first-order valence-electron chi connectivity index (χ1n) is 9.17. The van der Waals surface area contributed by atoms with Crippen LogP contribution in [0.5, 0.6) is 11.5 Å². The van der Waals surface area contributed by atoms with E-state index in [1.165, 1.54) is 0 Å². The predicted octanol–water partition coefficient (Wildman–Crippen LogP) is 5.17. The highest BCUT2D eigenvalue weighted by Crippen LogP contribution is 2.28. The molecule has 0 unspecified atom stereocenters. The lowest BCUT2D eigenvalue weighted by Gasteiger charge is -2.12. The smallest absolute Gasteiger partial charge is 0.256 e. The molecule has 0 aliphatic heterocycles. The Morgan fingerprint density at radius 2 is 1.52 bits per heavy atom. The van der Waals surface area contributed by atoms with E-state index >= 15 is 0 Å². The van der Waals surface area contributed by atoms with Gasteiger partial charge in [-0.3, -0.25) is 4.79 Å². The molecule has 3 aromatic carbocycles. The number of methoxy groups -OCH3 is 2. The zero-order valence-corrected chi connectivity index (χ0v) is 16.2. The van der Waals surface area contributed by atoms with E-state index in [0.717, 1.165) is 27.9 Å². The van der Waals surface area contributed by atoms with Gasteiger partial charge < -0.3 is 14.8 Å². The lowest BCUT2D eigenvalue weighted by molar-refractivity contribution is 0.102. The Labute approximate surface area is 168 Å². The van der Waals surface area contributed by atoms with E-state index in [4.69, 9.17) is 14.5 Å². The quantitative estimate of drug-likeness (QED) is 0.516. The third kappa shape index (κ3) is 3.89. The first-order valence-corrected chi connectivity index (χ1v) is 9.17. The summed E-state index contributed by atoms with van der Waals surface area (Å²) in [5.74, 6) is 1.19. The summed E-state index contributed by atoms with van der Waals surface area (Å²) in [4.78, 5) is 17.9. The molecule has 0 aliphatic carbocycles. The molecule has 0 spiro atoms. The molecule has 0 fully saturated rings. The highest BCUT2D eigenvalue weighted by molar-refractivity contribution is 6.13. The summed E-state index contributed by atoms with van der Waals surface area (Å²) in [7, 11) is 3.21. The second kappa shape index (κ2) is 8.02. The fourth-order valence-corrected chi connectivity index (χ4v) is 3.15. The van der Waals surface area contributed by atoms with Crippen LogP contribution in [-0.4, -0.2) is 25.1 Å². The van der Waals surface area contributed by atoms with E-state index < -0.39 is 0 Å². The maximum atomic E-state index is 13.2. The number of amides is 1. The van der Waals surface area contributed by atoms with E-state index in [1.807, 2.05) is 54.6 Å². The van der Waals surface area contributed by atoms with Gasteiger partial charge in [0.05, 0.1) is 31.0 Å². The Kier molecular flexibility index (Phi) is 5.12. The highest BCUT2D eigenvalue weighted by Gasteiger charge is 2.15. The molecule has 0 saturated heterocycles. The Bertz CT molecular complexity index is 1160. The number of fused-ring (bicyclic) bond motifs is 1. The van der Waals surface area contributed by atoms with Crippen molar-refractivity contribution in [2.75, 3.05) is 19.5 Å². The molecule has 1 N–H and O–H groups in total. The number of anilines is 1. The van der Waals surface area contributed by atoms with Crippen LogP contribution in [0.2, 0.25) is 0 Å².